The number of esters is 1. The summed E-state index contributed by atoms with van der Waals surface area (Å²) in [6, 6.07) is 2.65. The highest BCUT2D eigenvalue weighted by molar-refractivity contribution is 8.00. The van der Waals surface area contributed by atoms with Crippen LogP contribution in [-0.2, 0) is 14.3 Å². The van der Waals surface area contributed by atoms with E-state index in [0.29, 0.717) is 17.7 Å². The first-order valence-corrected chi connectivity index (χ1v) is 10.6. The van der Waals surface area contributed by atoms with Gasteiger partial charge in [0.25, 0.3) is 0 Å². The first-order chi connectivity index (χ1) is 12.7. The van der Waals surface area contributed by atoms with Crippen molar-refractivity contribution >= 4 is 40.9 Å². The average molecular weight is 418 g/mol. The molecule has 0 aromatic heterocycles. The highest BCUT2D eigenvalue weighted by Gasteiger charge is 2.24. The molecule has 1 aromatic rings. The van der Waals surface area contributed by atoms with E-state index < -0.39 is 11.1 Å². The van der Waals surface area contributed by atoms with E-state index in [0.717, 1.165) is 12.8 Å². The van der Waals surface area contributed by atoms with E-state index in [1.54, 1.807) is 13.8 Å². The molecule has 0 aliphatic heterocycles. The summed E-state index contributed by atoms with van der Waals surface area (Å²) < 4.78 is 19.5. The van der Waals surface area contributed by atoms with Gasteiger partial charge in [0, 0.05) is 11.3 Å². The maximum atomic E-state index is 14.2. The van der Waals surface area contributed by atoms with Crippen molar-refractivity contribution in [3.05, 3.63) is 23.0 Å². The SMILES string of the molecule is CCCC(Sc1cc(NC(=O)CC(C)CC)c(F)cc1Cl)C(=O)OC(C)C. The monoisotopic (exact) mass is 417 g/mol. The van der Waals surface area contributed by atoms with Gasteiger partial charge in [0.1, 0.15) is 11.1 Å². The quantitative estimate of drug-likeness (QED) is 0.371. The molecule has 0 aliphatic carbocycles. The zero-order chi connectivity index (χ0) is 20.6. The van der Waals surface area contributed by atoms with Gasteiger partial charge in [0.05, 0.1) is 16.8 Å². The van der Waals surface area contributed by atoms with Gasteiger partial charge in [-0.15, -0.1) is 11.8 Å². The van der Waals surface area contributed by atoms with Crippen LogP contribution in [0.2, 0.25) is 5.02 Å². The van der Waals surface area contributed by atoms with Crippen LogP contribution >= 0.6 is 23.4 Å². The molecule has 2 atom stereocenters. The van der Waals surface area contributed by atoms with Crippen molar-refractivity contribution in [1.82, 2.24) is 0 Å². The van der Waals surface area contributed by atoms with Gasteiger partial charge in [-0.1, -0.05) is 45.2 Å². The summed E-state index contributed by atoms with van der Waals surface area (Å²) in [7, 11) is 0. The highest BCUT2D eigenvalue weighted by atomic mass is 35.5. The zero-order valence-corrected chi connectivity index (χ0v) is 18.2. The van der Waals surface area contributed by atoms with Crippen LogP contribution in [0.4, 0.5) is 10.1 Å². The minimum absolute atomic E-state index is 0.0719. The second-order valence-electron chi connectivity index (χ2n) is 6.91. The number of hydrogen-bond donors (Lipinski definition) is 1. The number of carbonyl (C=O) groups excluding carboxylic acids is 2. The normalized spacial score (nSPS) is 13.3. The lowest BCUT2D eigenvalue weighted by atomic mass is 10.1. The van der Waals surface area contributed by atoms with Gasteiger partial charge in [-0.25, -0.2) is 4.39 Å². The molecule has 0 heterocycles. The zero-order valence-electron chi connectivity index (χ0n) is 16.6. The number of hydrogen-bond acceptors (Lipinski definition) is 4. The Morgan fingerprint density at radius 1 is 1.26 bits per heavy atom. The second-order valence-corrected chi connectivity index (χ2v) is 8.56. The minimum Gasteiger partial charge on any atom is -0.462 e. The molecule has 1 N–H and O–H groups in total. The van der Waals surface area contributed by atoms with Gasteiger partial charge in [0.2, 0.25) is 5.91 Å². The fourth-order valence-electron chi connectivity index (χ4n) is 2.33. The van der Waals surface area contributed by atoms with Crippen molar-refractivity contribution in [2.45, 2.75) is 76.6 Å². The van der Waals surface area contributed by atoms with Crippen LogP contribution in [0.5, 0.6) is 0 Å². The fourth-order valence-corrected chi connectivity index (χ4v) is 3.78. The number of anilines is 1. The van der Waals surface area contributed by atoms with E-state index in [2.05, 4.69) is 5.32 Å². The standard InChI is InChI=1S/C20H29ClFNO3S/c1-6-8-17(20(25)26-12(3)4)27-18-11-16(15(22)10-14(18)21)23-19(24)9-13(5)7-2/h10-13,17H,6-9H2,1-5H3,(H,23,24). The minimum atomic E-state index is -0.598. The van der Waals surface area contributed by atoms with Gasteiger partial charge < -0.3 is 10.1 Å². The molecule has 0 fully saturated rings. The fraction of sp³-hybridized carbons (Fsp3) is 0.600. The summed E-state index contributed by atoms with van der Waals surface area (Å²) in [4.78, 5) is 24.9. The number of ether oxygens (including phenoxy) is 1. The number of rotatable bonds is 10. The largest absolute Gasteiger partial charge is 0.462 e. The maximum Gasteiger partial charge on any atom is 0.319 e. The Morgan fingerprint density at radius 2 is 1.93 bits per heavy atom. The van der Waals surface area contributed by atoms with Crippen LogP contribution in [0, 0.1) is 11.7 Å². The molecule has 0 aliphatic rings. The molecule has 2 unspecified atom stereocenters. The van der Waals surface area contributed by atoms with Gasteiger partial charge in [-0.2, -0.15) is 0 Å². The molecule has 7 heteroatoms. The second kappa shape index (κ2) is 11.5. The van der Waals surface area contributed by atoms with E-state index >= 15 is 0 Å². The molecule has 0 saturated heterocycles. The number of nitrogens with one attached hydrogen (secondary N) is 1. The Morgan fingerprint density at radius 3 is 2.48 bits per heavy atom. The molecular weight excluding hydrogens is 389 g/mol. The number of halogens is 2. The van der Waals surface area contributed by atoms with E-state index in [1.165, 1.54) is 23.9 Å². The molecule has 0 radical (unpaired) electrons. The Labute approximate surface area is 170 Å². The molecule has 1 rings (SSSR count). The summed E-state index contributed by atoms with van der Waals surface area (Å²) in [6.07, 6.45) is 2.38. The third kappa shape index (κ3) is 8.09. The first kappa shape index (κ1) is 23.8. The lowest BCUT2D eigenvalue weighted by Gasteiger charge is -2.18. The van der Waals surface area contributed by atoms with Crippen molar-refractivity contribution in [2.24, 2.45) is 5.92 Å². The Hall–Kier alpha value is -1.27. The van der Waals surface area contributed by atoms with Gasteiger partial charge >= 0.3 is 5.97 Å². The Bertz CT molecular complexity index is 654. The Kier molecular flexibility index (Phi) is 10.2. The van der Waals surface area contributed by atoms with Crippen molar-refractivity contribution in [1.29, 1.82) is 0 Å². The molecule has 1 amide bonds. The molecule has 0 saturated carbocycles. The average Bonchev–Trinajstić information content (AvgIpc) is 2.57. The summed E-state index contributed by atoms with van der Waals surface area (Å²) in [5.41, 5.74) is 0.0719. The van der Waals surface area contributed by atoms with Crippen LogP contribution in [0.1, 0.15) is 60.3 Å². The molecule has 0 bridgehead atoms. The van der Waals surface area contributed by atoms with Crippen LogP contribution in [0.25, 0.3) is 0 Å². The maximum absolute atomic E-state index is 14.2. The van der Waals surface area contributed by atoms with E-state index in [-0.39, 0.29) is 34.6 Å². The van der Waals surface area contributed by atoms with Crippen molar-refractivity contribution in [3.63, 3.8) is 0 Å². The van der Waals surface area contributed by atoms with E-state index in [9.17, 15) is 14.0 Å². The van der Waals surface area contributed by atoms with E-state index in [4.69, 9.17) is 16.3 Å². The number of benzene rings is 1. The van der Waals surface area contributed by atoms with Gasteiger partial charge in [-0.3, -0.25) is 9.59 Å². The molecule has 4 nitrogen and oxygen atoms in total. The predicted molar refractivity (Wildman–Crippen MR) is 110 cm³/mol. The van der Waals surface area contributed by atoms with E-state index in [1.807, 2.05) is 20.8 Å². The molecule has 1 aromatic carbocycles. The third-order valence-electron chi connectivity index (χ3n) is 3.96. The highest BCUT2D eigenvalue weighted by Crippen LogP contribution is 2.36. The van der Waals surface area contributed by atoms with Crippen molar-refractivity contribution < 1.29 is 18.7 Å². The topological polar surface area (TPSA) is 55.4 Å². The molecule has 27 heavy (non-hydrogen) atoms. The lowest BCUT2D eigenvalue weighted by Crippen LogP contribution is -2.23. The summed E-state index contributed by atoms with van der Waals surface area (Å²) >= 11 is 7.41. The lowest BCUT2D eigenvalue weighted by molar-refractivity contribution is -0.146. The molecular formula is C20H29ClFNO3S. The van der Waals surface area contributed by atoms with Gasteiger partial charge in [-0.05, 0) is 38.3 Å². The van der Waals surface area contributed by atoms with Crippen molar-refractivity contribution in [2.75, 3.05) is 5.32 Å². The van der Waals surface area contributed by atoms with Gasteiger partial charge in [0.15, 0.2) is 0 Å². The summed E-state index contributed by atoms with van der Waals surface area (Å²) in [6.45, 7) is 9.53. The molecule has 0 spiro atoms. The number of carbonyl (C=O) groups is 2. The first-order valence-electron chi connectivity index (χ1n) is 9.33. The van der Waals surface area contributed by atoms with Crippen molar-refractivity contribution in [3.8, 4) is 0 Å². The number of amides is 1. The Balaban J connectivity index is 2.99. The third-order valence-corrected chi connectivity index (χ3v) is 5.69. The summed E-state index contributed by atoms with van der Waals surface area (Å²) in [5, 5.41) is 2.37. The number of thioether (sulfide) groups is 1. The summed E-state index contributed by atoms with van der Waals surface area (Å²) in [5.74, 6) is -0.946. The smallest absolute Gasteiger partial charge is 0.319 e. The van der Waals surface area contributed by atoms with Crippen LogP contribution in [0.15, 0.2) is 17.0 Å². The van der Waals surface area contributed by atoms with Crippen LogP contribution in [0.3, 0.4) is 0 Å². The predicted octanol–water partition coefficient (Wildman–Crippen LogP) is 6.07. The van der Waals surface area contributed by atoms with Crippen LogP contribution < -0.4 is 5.32 Å². The van der Waals surface area contributed by atoms with Crippen LogP contribution in [-0.4, -0.2) is 23.2 Å². The molecule has 152 valence electrons.